The summed E-state index contributed by atoms with van der Waals surface area (Å²) in [5.74, 6) is 0.167. The van der Waals surface area contributed by atoms with E-state index in [9.17, 15) is 14.7 Å². The van der Waals surface area contributed by atoms with Crippen molar-refractivity contribution in [1.29, 1.82) is 0 Å². The van der Waals surface area contributed by atoms with Crippen LogP contribution in [0.1, 0.15) is 42.1 Å². The van der Waals surface area contributed by atoms with Gasteiger partial charge in [-0.25, -0.2) is 4.79 Å². The molecule has 3 rings (SSSR count). The zero-order valence-corrected chi connectivity index (χ0v) is 15.5. The van der Waals surface area contributed by atoms with E-state index in [0.29, 0.717) is 13.1 Å². The number of carbonyl (C=O) groups is 2. The summed E-state index contributed by atoms with van der Waals surface area (Å²) >= 11 is 0. The number of β-amino-alcohol motifs (C(OH)–C–C–N with tert-alkyl or cyclic N) is 1. The number of nitrogens with zero attached hydrogens (tertiary/aromatic N) is 2. The third-order valence-corrected chi connectivity index (χ3v) is 5.45. The maximum absolute atomic E-state index is 12.1. The van der Waals surface area contributed by atoms with Gasteiger partial charge in [-0.1, -0.05) is 18.2 Å². The Morgan fingerprint density at radius 3 is 2.69 bits per heavy atom. The van der Waals surface area contributed by atoms with Gasteiger partial charge in [0.1, 0.15) is 0 Å². The Morgan fingerprint density at radius 1 is 1.23 bits per heavy atom. The van der Waals surface area contributed by atoms with Crippen LogP contribution < -0.4 is 5.32 Å². The van der Waals surface area contributed by atoms with E-state index in [0.717, 1.165) is 56.6 Å². The molecule has 2 N–H and O–H groups in total. The van der Waals surface area contributed by atoms with Gasteiger partial charge in [0.05, 0.1) is 6.10 Å². The molecule has 0 saturated carbocycles. The summed E-state index contributed by atoms with van der Waals surface area (Å²) in [4.78, 5) is 27.7. The Hall–Kier alpha value is -1.92. The maximum atomic E-state index is 12.1. The molecule has 2 atom stereocenters. The van der Waals surface area contributed by atoms with Crippen LogP contribution in [0.2, 0.25) is 0 Å². The molecule has 6 nitrogen and oxygen atoms in total. The highest BCUT2D eigenvalue weighted by molar-refractivity contribution is 5.94. The summed E-state index contributed by atoms with van der Waals surface area (Å²) in [7, 11) is 0. The second kappa shape index (κ2) is 8.64. The summed E-state index contributed by atoms with van der Waals surface area (Å²) in [6.45, 7) is 5.98. The molecule has 0 bridgehead atoms. The maximum Gasteiger partial charge on any atom is 0.317 e. The van der Waals surface area contributed by atoms with Crippen molar-refractivity contribution in [2.75, 3.05) is 32.7 Å². The first-order valence-electron chi connectivity index (χ1n) is 9.56. The number of piperidine rings is 1. The van der Waals surface area contributed by atoms with Gasteiger partial charge in [0.15, 0.2) is 5.78 Å². The molecule has 0 radical (unpaired) electrons. The predicted molar refractivity (Wildman–Crippen MR) is 100 cm³/mol. The second-order valence-corrected chi connectivity index (χ2v) is 7.49. The van der Waals surface area contributed by atoms with E-state index in [-0.39, 0.29) is 17.7 Å². The van der Waals surface area contributed by atoms with E-state index in [1.165, 1.54) is 0 Å². The second-order valence-electron chi connectivity index (χ2n) is 7.49. The molecular weight excluding hydrogens is 330 g/mol. The number of carbonyl (C=O) groups excluding carboxylic acids is 2. The molecule has 1 aromatic rings. The van der Waals surface area contributed by atoms with Gasteiger partial charge in [-0.2, -0.15) is 0 Å². The van der Waals surface area contributed by atoms with Crippen LogP contribution in [0, 0.1) is 5.92 Å². The Balaban J connectivity index is 1.46. The third-order valence-electron chi connectivity index (χ3n) is 5.45. The lowest BCUT2D eigenvalue weighted by Crippen LogP contribution is -2.48. The summed E-state index contributed by atoms with van der Waals surface area (Å²) < 4.78 is 0. The molecule has 142 valence electrons. The van der Waals surface area contributed by atoms with Crippen LogP contribution in [0.15, 0.2) is 24.3 Å². The first kappa shape index (κ1) is 18.9. The molecule has 2 heterocycles. The predicted octanol–water partition coefficient (Wildman–Crippen LogP) is 1.88. The van der Waals surface area contributed by atoms with Gasteiger partial charge in [-0.15, -0.1) is 0 Å². The van der Waals surface area contributed by atoms with Crippen molar-refractivity contribution in [3.8, 4) is 0 Å². The molecule has 0 aromatic heterocycles. The minimum atomic E-state index is -0.446. The van der Waals surface area contributed by atoms with Crippen molar-refractivity contribution < 1.29 is 14.7 Å². The van der Waals surface area contributed by atoms with Crippen LogP contribution in [0.3, 0.4) is 0 Å². The summed E-state index contributed by atoms with van der Waals surface area (Å²) in [5, 5.41) is 13.5. The first-order valence-corrected chi connectivity index (χ1v) is 9.56. The summed E-state index contributed by atoms with van der Waals surface area (Å²) in [6.07, 6.45) is 2.57. The van der Waals surface area contributed by atoms with Crippen molar-refractivity contribution in [3.63, 3.8) is 0 Å². The molecular formula is C20H29N3O3. The number of ketones is 1. The fraction of sp³-hybridized carbons (Fsp3) is 0.600. The highest BCUT2D eigenvalue weighted by atomic mass is 16.3. The number of urea groups is 1. The van der Waals surface area contributed by atoms with Crippen LogP contribution in [-0.2, 0) is 6.54 Å². The van der Waals surface area contributed by atoms with Crippen molar-refractivity contribution >= 4 is 11.8 Å². The van der Waals surface area contributed by atoms with Crippen LogP contribution in [0.25, 0.3) is 0 Å². The van der Waals surface area contributed by atoms with E-state index in [1.807, 2.05) is 29.2 Å². The number of aliphatic hydroxyl groups is 1. The monoisotopic (exact) mass is 359 g/mol. The average Bonchev–Trinajstić information content (AvgIpc) is 3.16. The summed E-state index contributed by atoms with van der Waals surface area (Å²) in [5.41, 5.74) is 1.81. The molecule has 1 aromatic carbocycles. The Bertz CT molecular complexity index is 643. The number of amides is 2. The molecule has 0 unspecified atom stereocenters. The van der Waals surface area contributed by atoms with Crippen LogP contribution in [0.4, 0.5) is 4.79 Å². The van der Waals surface area contributed by atoms with Gasteiger partial charge >= 0.3 is 6.03 Å². The van der Waals surface area contributed by atoms with Gasteiger partial charge in [0.2, 0.25) is 0 Å². The smallest absolute Gasteiger partial charge is 0.317 e. The molecule has 2 fully saturated rings. The zero-order valence-electron chi connectivity index (χ0n) is 15.5. The highest BCUT2D eigenvalue weighted by Gasteiger charge is 2.28. The highest BCUT2D eigenvalue weighted by Crippen LogP contribution is 2.20. The van der Waals surface area contributed by atoms with Crippen molar-refractivity contribution in [2.24, 2.45) is 5.92 Å². The first-order chi connectivity index (χ1) is 12.5. The van der Waals surface area contributed by atoms with Gasteiger partial charge in [0.25, 0.3) is 0 Å². The van der Waals surface area contributed by atoms with Gasteiger partial charge < -0.3 is 15.3 Å². The average molecular weight is 359 g/mol. The van der Waals surface area contributed by atoms with Gasteiger partial charge in [-0.05, 0) is 44.4 Å². The van der Waals surface area contributed by atoms with E-state index in [2.05, 4.69) is 10.2 Å². The molecule has 2 aliphatic rings. The topological polar surface area (TPSA) is 72.9 Å². The standard InChI is InChI=1S/C20H29N3O3/c1-15(24)17-6-4-5-16(11-17)13-22-10-7-18(19(25)14-22)12-21-20(26)23-8-2-3-9-23/h4-6,11,18-19,25H,2-3,7-10,12-14H2,1H3,(H,21,26)/t18-,19+/m0/s1. The molecule has 0 aliphatic carbocycles. The Kier molecular flexibility index (Phi) is 6.27. The molecule has 0 spiro atoms. The zero-order chi connectivity index (χ0) is 18.5. The minimum absolute atomic E-state index is 0.00169. The Morgan fingerprint density at radius 2 is 2.00 bits per heavy atom. The van der Waals surface area contributed by atoms with E-state index >= 15 is 0 Å². The van der Waals surface area contributed by atoms with E-state index in [1.54, 1.807) is 6.92 Å². The number of rotatable bonds is 5. The number of Topliss-reactive ketones (excluding diaryl/α,β-unsaturated/α-hetero) is 1. The van der Waals surface area contributed by atoms with Crippen LogP contribution in [-0.4, -0.2) is 65.5 Å². The molecule has 2 amide bonds. The molecule has 2 aliphatic heterocycles. The van der Waals surface area contributed by atoms with Crippen molar-refractivity contribution in [1.82, 2.24) is 15.1 Å². The van der Waals surface area contributed by atoms with Crippen molar-refractivity contribution in [2.45, 2.75) is 38.8 Å². The van der Waals surface area contributed by atoms with Crippen LogP contribution in [0.5, 0.6) is 0 Å². The Labute approximate surface area is 155 Å². The van der Waals surface area contributed by atoms with E-state index < -0.39 is 6.10 Å². The van der Waals surface area contributed by atoms with E-state index in [4.69, 9.17) is 0 Å². The largest absolute Gasteiger partial charge is 0.391 e. The third kappa shape index (κ3) is 4.83. The number of hydrogen-bond acceptors (Lipinski definition) is 4. The number of nitrogens with one attached hydrogen (secondary N) is 1. The fourth-order valence-electron chi connectivity index (χ4n) is 3.82. The lowest BCUT2D eigenvalue weighted by molar-refractivity contribution is 0.0195. The molecule has 26 heavy (non-hydrogen) atoms. The van der Waals surface area contributed by atoms with Crippen LogP contribution >= 0.6 is 0 Å². The van der Waals surface area contributed by atoms with Gasteiger partial charge in [-0.3, -0.25) is 9.69 Å². The van der Waals surface area contributed by atoms with Gasteiger partial charge in [0, 0.05) is 44.2 Å². The lowest BCUT2D eigenvalue weighted by atomic mass is 9.93. The molecule has 6 heteroatoms. The quantitative estimate of drug-likeness (QED) is 0.788. The van der Waals surface area contributed by atoms with Crippen molar-refractivity contribution in [3.05, 3.63) is 35.4 Å². The normalized spacial score (nSPS) is 23.8. The minimum Gasteiger partial charge on any atom is -0.391 e. The number of hydrogen-bond donors (Lipinski definition) is 2. The number of likely N-dealkylation sites (tertiary alicyclic amines) is 2. The number of aliphatic hydroxyl groups excluding tert-OH is 1. The SMILES string of the molecule is CC(=O)c1cccc(CN2CC[C@@H](CNC(=O)N3CCCC3)[C@H](O)C2)c1. The number of benzene rings is 1. The summed E-state index contributed by atoms with van der Waals surface area (Å²) in [6, 6.07) is 7.68. The molecule has 2 saturated heterocycles. The fourth-order valence-corrected chi connectivity index (χ4v) is 3.82. The lowest BCUT2D eigenvalue weighted by Gasteiger charge is -2.36.